The minimum atomic E-state index is -4.64. The van der Waals surface area contributed by atoms with Gasteiger partial charge in [0.1, 0.15) is 11.5 Å². The van der Waals surface area contributed by atoms with Crippen molar-refractivity contribution in [2.24, 2.45) is 0 Å². The maximum atomic E-state index is 12.4. The standard InChI is InChI=1S/C9H4ClF3N4/c10-7-1-6(5-2-14-4-15-3-5)16-8(17-7)9(11,12)13/h1-4H. The molecule has 0 atom stereocenters. The van der Waals surface area contributed by atoms with Gasteiger partial charge in [-0.15, -0.1) is 0 Å². The van der Waals surface area contributed by atoms with Gasteiger partial charge in [-0.05, 0) is 0 Å². The highest BCUT2D eigenvalue weighted by Crippen LogP contribution is 2.29. The topological polar surface area (TPSA) is 51.6 Å². The molecule has 0 bridgehead atoms. The van der Waals surface area contributed by atoms with Gasteiger partial charge >= 0.3 is 6.18 Å². The molecule has 0 aliphatic carbocycles. The van der Waals surface area contributed by atoms with E-state index in [0.717, 1.165) is 0 Å². The van der Waals surface area contributed by atoms with Crippen molar-refractivity contribution in [1.29, 1.82) is 0 Å². The van der Waals surface area contributed by atoms with Crippen LogP contribution in [0.2, 0.25) is 5.15 Å². The maximum absolute atomic E-state index is 12.4. The summed E-state index contributed by atoms with van der Waals surface area (Å²) in [6.07, 6.45) is -0.704. The first-order valence-corrected chi connectivity index (χ1v) is 4.72. The second-order valence-corrected chi connectivity index (χ2v) is 3.41. The Labute approximate surface area is 98.5 Å². The quantitative estimate of drug-likeness (QED) is 0.740. The molecule has 0 fully saturated rings. The molecule has 2 aromatic rings. The fourth-order valence-corrected chi connectivity index (χ4v) is 1.31. The number of nitrogens with zero attached hydrogens (tertiary/aromatic N) is 4. The Morgan fingerprint density at radius 1 is 1.06 bits per heavy atom. The minimum Gasteiger partial charge on any atom is -0.244 e. The summed E-state index contributed by atoms with van der Waals surface area (Å²) in [7, 11) is 0. The summed E-state index contributed by atoms with van der Waals surface area (Å²) in [6.45, 7) is 0. The van der Waals surface area contributed by atoms with Crippen LogP contribution in [-0.4, -0.2) is 19.9 Å². The van der Waals surface area contributed by atoms with Gasteiger partial charge < -0.3 is 0 Å². The first-order chi connectivity index (χ1) is 7.97. The maximum Gasteiger partial charge on any atom is 0.451 e. The molecule has 0 radical (unpaired) electrons. The van der Waals surface area contributed by atoms with Gasteiger partial charge in [0.15, 0.2) is 0 Å². The van der Waals surface area contributed by atoms with E-state index >= 15 is 0 Å². The van der Waals surface area contributed by atoms with Crippen molar-refractivity contribution in [3.63, 3.8) is 0 Å². The van der Waals surface area contributed by atoms with E-state index in [1.54, 1.807) is 0 Å². The average Bonchev–Trinajstić information content (AvgIpc) is 2.28. The fraction of sp³-hybridized carbons (Fsp3) is 0.111. The summed E-state index contributed by atoms with van der Waals surface area (Å²) in [5.41, 5.74) is 0.361. The Morgan fingerprint density at radius 3 is 2.29 bits per heavy atom. The number of aromatic nitrogens is 4. The molecule has 0 saturated heterocycles. The third-order valence-corrected chi connectivity index (χ3v) is 2.00. The molecule has 88 valence electrons. The largest absolute Gasteiger partial charge is 0.451 e. The molecule has 0 aliphatic rings. The van der Waals surface area contributed by atoms with Crippen molar-refractivity contribution in [2.45, 2.75) is 6.18 Å². The van der Waals surface area contributed by atoms with Crippen molar-refractivity contribution in [3.8, 4) is 11.3 Å². The summed E-state index contributed by atoms with van der Waals surface area (Å²) in [4.78, 5) is 13.9. The Hall–Kier alpha value is -1.76. The molecule has 0 amide bonds. The van der Waals surface area contributed by atoms with Gasteiger partial charge in [0.05, 0.1) is 5.69 Å². The van der Waals surface area contributed by atoms with Crippen molar-refractivity contribution < 1.29 is 13.2 Å². The van der Waals surface area contributed by atoms with E-state index in [-0.39, 0.29) is 10.8 Å². The van der Waals surface area contributed by atoms with Gasteiger partial charge in [-0.25, -0.2) is 19.9 Å². The third kappa shape index (κ3) is 2.68. The SMILES string of the molecule is FC(F)(F)c1nc(Cl)cc(-c2cncnc2)n1. The first kappa shape index (κ1) is 11.7. The lowest BCUT2D eigenvalue weighted by Gasteiger charge is -2.07. The van der Waals surface area contributed by atoms with Crippen LogP contribution in [0.3, 0.4) is 0 Å². The number of hydrogen-bond acceptors (Lipinski definition) is 4. The highest BCUT2D eigenvalue weighted by Gasteiger charge is 2.35. The zero-order valence-electron chi connectivity index (χ0n) is 8.11. The molecule has 0 saturated carbocycles. The van der Waals surface area contributed by atoms with Crippen molar-refractivity contribution >= 4 is 11.6 Å². The smallest absolute Gasteiger partial charge is 0.244 e. The van der Waals surface area contributed by atoms with Gasteiger partial charge in [0.2, 0.25) is 5.82 Å². The van der Waals surface area contributed by atoms with Crippen LogP contribution in [0.5, 0.6) is 0 Å². The van der Waals surface area contributed by atoms with Crippen LogP contribution in [0.15, 0.2) is 24.8 Å². The molecular weight excluding hydrogens is 257 g/mol. The lowest BCUT2D eigenvalue weighted by Crippen LogP contribution is -2.11. The lowest BCUT2D eigenvalue weighted by atomic mass is 10.2. The van der Waals surface area contributed by atoms with Crippen molar-refractivity contribution in [3.05, 3.63) is 35.8 Å². The molecule has 2 aromatic heterocycles. The van der Waals surface area contributed by atoms with Crippen LogP contribution < -0.4 is 0 Å². The highest BCUT2D eigenvalue weighted by molar-refractivity contribution is 6.29. The van der Waals surface area contributed by atoms with E-state index in [2.05, 4.69) is 19.9 Å². The molecule has 2 rings (SSSR count). The predicted octanol–water partition coefficient (Wildman–Crippen LogP) is 2.61. The zero-order chi connectivity index (χ0) is 12.5. The van der Waals surface area contributed by atoms with Gasteiger partial charge in [-0.3, -0.25) is 0 Å². The summed E-state index contributed by atoms with van der Waals surface area (Å²) in [5, 5.41) is -0.286. The van der Waals surface area contributed by atoms with Crippen molar-refractivity contribution in [1.82, 2.24) is 19.9 Å². The van der Waals surface area contributed by atoms with Gasteiger partial charge in [-0.1, -0.05) is 11.6 Å². The van der Waals surface area contributed by atoms with Crippen molar-refractivity contribution in [2.75, 3.05) is 0 Å². The summed E-state index contributed by atoms with van der Waals surface area (Å²) in [5.74, 6) is -1.29. The fourth-order valence-electron chi connectivity index (χ4n) is 1.12. The lowest BCUT2D eigenvalue weighted by molar-refractivity contribution is -0.144. The van der Waals surface area contributed by atoms with E-state index < -0.39 is 12.0 Å². The number of rotatable bonds is 1. The summed E-state index contributed by atoms with van der Waals surface area (Å²) < 4.78 is 37.3. The van der Waals surface area contributed by atoms with Crippen LogP contribution >= 0.6 is 11.6 Å². The Kier molecular flexibility index (Phi) is 2.93. The molecule has 0 N–H and O–H groups in total. The number of halogens is 4. The van der Waals surface area contributed by atoms with E-state index in [0.29, 0.717) is 5.56 Å². The number of hydrogen-bond donors (Lipinski definition) is 0. The molecule has 0 aromatic carbocycles. The summed E-state index contributed by atoms with van der Waals surface area (Å²) >= 11 is 5.51. The summed E-state index contributed by atoms with van der Waals surface area (Å²) in [6, 6.07) is 1.22. The van der Waals surface area contributed by atoms with Gasteiger partial charge in [0.25, 0.3) is 0 Å². The second kappa shape index (κ2) is 4.25. The predicted molar refractivity (Wildman–Crippen MR) is 53.1 cm³/mol. The second-order valence-electron chi connectivity index (χ2n) is 3.02. The molecule has 0 spiro atoms. The monoisotopic (exact) mass is 260 g/mol. The average molecular weight is 261 g/mol. The highest BCUT2D eigenvalue weighted by atomic mass is 35.5. The Bertz CT molecular complexity index is 530. The first-order valence-electron chi connectivity index (χ1n) is 4.34. The molecule has 4 nitrogen and oxygen atoms in total. The molecule has 2 heterocycles. The molecule has 0 unspecified atom stereocenters. The molecule has 17 heavy (non-hydrogen) atoms. The van der Waals surface area contributed by atoms with Crippen LogP contribution in [-0.2, 0) is 6.18 Å². The normalized spacial score (nSPS) is 11.5. The van der Waals surface area contributed by atoms with Crippen LogP contribution in [0.1, 0.15) is 5.82 Å². The molecule has 8 heteroatoms. The van der Waals surface area contributed by atoms with Crippen LogP contribution in [0, 0.1) is 0 Å². The zero-order valence-corrected chi connectivity index (χ0v) is 8.87. The molecule has 0 aliphatic heterocycles. The molecular formula is C9H4ClF3N4. The van der Waals surface area contributed by atoms with Gasteiger partial charge in [0, 0.05) is 24.0 Å². The van der Waals surface area contributed by atoms with E-state index in [1.165, 1.54) is 24.8 Å². The number of alkyl halides is 3. The van der Waals surface area contributed by atoms with E-state index in [4.69, 9.17) is 11.6 Å². The van der Waals surface area contributed by atoms with E-state index in [9.17, 15) is 13.2 Å². The minimum absolute atomic E-state index is 0.0259. The Morgan fingerprint density at radius 2 is 1.71 bits per heavy atom. The van der Waals surface area contributed by atoms with Crippen LogP contribution in [0.25, 0.3) is 11.3 Å². The van der Waals surface area contributed by atoms with Crippen LogP contribution in [0.4, 0.5) is 13.2 Å². The Balaban J connectivity index is 2.54. The third-order valence-electron chi connectivity index (χ3n) is 1.80. The van der Waals surface area contributed by atoms with E-state index in [1.807, 2.05) is 0 Å². The van der Waals surface area contributed by atoms with Gasteiger partial charge in [-0.2, -0.15) is 13.2 Å².